The van der Waals surface area contributed by atoms with Gasteiger partial charge in [0.25, 0.3) is 0 Å². The molecule has 0 aliphatic carbocycles. The molecule has 0 heterocycles. The summed E-state index contributed by atoms with van der Waals surface area (Å²) in [5.41, 5.74) is 3.57. The van der Waals surface area contributed by atoms with Crippen LogP contribution in [0.15, 0.2) is 103 Å². The van der Waals surface area contributed by atoms with E-state index >= 15 is 0 Å². The predicted octanol–water partition coefficient (Wildman–Crippen LogP) is 5.86. The highest BCUT2D eigenvalue weighted by atomic mass is 35.5. The Kier molecular flexibility index (Phi) is 10.2. The molecule has 1 atom stereocenters. The van der Waals surface area contributed by atoms with Crippen LogP contribution in [0.3, 0.4) is 0 Å². The van der Waals surface area contributed by atoms with Crippen molar-refractivity contribution in [1.29, 1.82) is 0 Å². The molecule has 0 spiro atoms. The third kappa shape index (κ3) is 7.87. The zero-order valence-electron chi connectivity index (χ0n) is 22.7. The Hall–Kier alpha value is -4.29. The Morgan fingerprint density at radius 2 is 1.35 bits per heavy atom. The summed E-state index contributed by atoms with van der Waals surface area (Å²) < 4.78 is 10.8. The zero-order chi connectivity index (χ0) is 28.3. The number of benzene rings is 4. The number of nitrogens with one attached hydrogen (secondary N) is 1. The van der Waals surface area contributed by atoms with Gasteiger partial charge in [-0.2, -0.15) is 0 Å². The fourth-order valence-corrected chi connectivity index (χ4v) is 4.64. The van der Waals surface area contributed by atoms with Crippen molar-refractivity contribution in [3.05, 3.63) is 130 Å². The van der Waals surface area contributed by atoms with Gasteiger partial charge in [-0.05, 0) is 46.5 Å². The van der Waals surface area contributed by atoms with Crippen LogP contribution in [-0.2, 0) is 35.5 Å². The Balaban J connectivity index is 1.66. The number of hydrogen-bond donors (Lipinski definition) is 1. The molecule has 4 aromatic rings. The fourth-order valence-electron chi connectivity index (χ4n) is 4.51. The number of rotatable bonds is 12. The van der Waals surface area contributed by atoms with Crippen LogP contribution < -0.4 is 14.8 Å². The standard InChI is InChI=1S/C33H33ClN2O4/c1-39-30-18-15-27(20-31(30)40-2)21-32(37)36(23-26-13-16-28(34)17-14-26)29(19-24-9-5-3-6-10-24)33(38)35-22-25-11-7-4-8-12-25/h3-18,20,29H,19,21-23H2,1-2H3,(H,35,38). The molecule has 1 N–H and O–H groups in total. The van der Waals surface area contributed by atoms with Gasteiger partial charge in [-0.25, -0.2) is 0 Å². The molecule has 0 aliphatic rings. The van der Waals surface area contributed by atoms with Crippen molar-refractivity contribution in [2.24, 2.45) is 0 Å². The van der Waals surface area contributed by atoms with Crippen LogP contribution in [-0.4, -0.2) is 37.0 Å². The summed E-state index contributed by atoms with van der Waals surface area (Å²) >= 11 is 6.12. The maximum Gasteiger partial charge on any atom is 0.243 e. The average Bonchev–Trinajstić information content (AvgIpc) is 2.99. The average molecular weight is 557 g/mol. The molecule has 0 aliphatic heterocycles. The molecule has 0 bridgehead atoms. The van der Waals surface area contributed by atoms with Gasteiger partial charge in [-0.15, -0.1) is 0 Å². The summed E-state index contributed by atoms with van der Waals surface area (Å²) in [4.78, 5) is 29.4. The van der Waals surface area contributed by atoms with Gasteiger partial charge in [0.1, 0.15) is 6.04 Å². The molecule has 6 nitrogen and oxygen atoms in total. The van der Waals surface area contributed by atoms with Crippen molar-refractivity contribution in [1.82, 2.24) is 10.2 Å². The predicted molar refractivity (Wildman–Crippen MR) is 157 cm³/mol. The summed E-state index contributed by atoms with van der Waals surface area (Å²) in [5, 5.41) is 3.66. The van der Waals surface area contributed by atoms with Crippen LogP contribution in [0.5, 0.6) is 11.5 Å². The summed E-state index contributed by atoms with van der Waals surface area (Å²) in [6.45, 7) is 0.614. The van der Waals surface area contributed by atoms with E-state index in [9.17, 15) is 9.59 Å². The van der Waals surface area contributed by atoms with Crippen LogP contribution in [0.4, 0.5) is 0 Å². The molecule has 0 aromatic heterocycles. The van der Waals surface area contributed by atoms with Crippen LogP contribution in [0.25, 0.3) is 0 Å². The molecule has 0 fully saturated rings. The van der Waals surface area contributed by atoms with Crippen LogP contribution in [0.1, 0.15) is 22.3 Å². The van der Waals surface area contributed by atoms with Gasteiger partial charge >= 0.3 is 0 Å². The van der Waals surface area contributed by atoms with Gasteiger partial charge in [-0.3, -0.25) is 9.59 Å². The smallest absolute Gasteiger partial charge is 0.243 e. The first-order valence-electron chi connectivity index (χ1n) is 13.1. The molecule has 0 radical (unpaired) electrons. The van der Waals surface area contributed by atoms with E-state index in [0.717, 1.165) is 22.3 Å². The molecule has 2 amide bonds. The number of halogens is 1. The van der Waals surface area contributed by atoms with E-state index in [1.807, 2.05) is 78.9 Å². The Morgan fingerprint density at radius 3 is 1.98 bits per heavy atom. The van der Waals surface area contributed by atoms with Crippen molar-refractivity contribution < 1.29 is 19.1 Å². The molecule has 0 saturated carbocycles. The van der Waals surface area contributed by atoms with E-state index in [1.165, 1.54) is 0 Å². The second-order valence-electron chi connectivity index (χ2n) is 9.42. The third-order valence-corrected chi connectivity index (χ3v) is 6.90. The molecular formula is C33H33ClN2O4. The maximum atomic E-state index is 14.0. The highest BCUT2D eigenvalue weighted by Crippen LogP contribution is 2.28. The maximum absolute atomic E-state index is 14.0. The molecule has 1 unspecified atom stereocenters. The first-order valence-corrected chi connectivity index (χ1v) is 13.4. The van der Waals surface area contributed by atoms with E-state index in [0.29, 0.717) is 29.5 Å². The lowest BCUT2D eigenvalue weighted by Crippen LogP contribution is -2.50. The van der Waals surface area contributed by atoms with E-state index in [-0.39, 0.29) is 24.8 Å². The lowest BCUT2D eigenvalue weighted by Gasteiger charge is -2.32. The van der Waals surface area contributed by atoms with Crippen molar-refractivity contribution in [3.8, 4) is 11.5 Å². The van der Waals surface area contributed by atoms with Crippen molar-refractivity contribution in [2.45, 2.75) is 32.0 Å². The van der Waals surface area contributed by atoms with Crippen LogP contribution in [0, 0.1) is 0 Å². The number of carbonyl (C=O) groups excluding carboxylic acids is 2. The van der Waals surface area contributed by atoms with Crippen molar-refractivity contribution >= 4 is 23.4 Å². The number of hydrogen-bond acceptors (Lipinski definition) is 4. The molecule has 4 rings (SSSR count). The number of ether oxygens (including phenoxy) is 2. The minimum atomic E-state index is -0.741. The molecule has 206 valence electrons. The lowest BCUT2D eigenvalue weighted by molar-refractivity contribution is -0.140. The highest BCUT2D eigenvalue weighted by Gasteiger charge is 2.30. The van der Waals surface area contributed by atoms with E-state index in [1.54, 1.807) is 43.4 Å². The summed E-state index contributed by atoms with van der Waals surface area (Å²) in [5.74, 6) is 0.720. The SMILES string of the molecule is COc1ccc(CC(=O)N(Cc2ccc(Cl)cc2)C(Cc2ccccc2)C(=O)NCc2ccccc2)cc1OC. The second kappa shape index (κ2) is 14.2. The van der Waals surface area contributed by atoms with Gasteiger partial charge in [0.05, 0.1) is 20.6 Å². The number of methoxy groups -OCH3 is 2. The minimum absolute atomic E-state index is 0.0885. The lowest BCUT2D eigenvalue weighted by atomic mass is 10.0. The number of carbonyl (C=O) groups is 2. The minimum Gasteiger partial charge on any atom is -0.493 e. The topological polar surface area (TPSA) is 67.9 Å². The summed E-state index contributed by atoms with van der Waals surface area (Å²) in [6, 6.07) is 31.4. The Morgan fingerprint density at radius 1 is 0.750 bits per heavy atom. The van der Waals surface area contributed by atoms with E-state index in [2.05, 4.69) is 5.32 Å². The monoisotopic (exact) mass is 556 g/mol. The third-order valence-electron chi connectivity index (χ3n) is 6.65. The number of amides is 2. The van der Waals surface area contributed by atoms with Gasteiger partial charge < -0.3 is 19.7 Å². The van der Waals surface area contributed by atoms with E-state index < -0.39 is 6.04 Å². The second-order valence-corrected chi connectivity index (χ2v) is 9.86. The van der Waals surface area contributed by atoms with Gasteiger partial charge in [0, 0.05) is 24.5 Å². The first kappa shape index (κ1) is 28.7. The normalized spacial score (nSPS) is 11.4. The molecule has 0 saturated heterocycles. The summed E-state index contributed by atoms with van der Waals surface area (Å²) in [7, 11) is 3.13. The zero-order valence-corrected chi connectivity index (χ0v) is 23.4. The summed E-state index contributed by atoms with van der Waals surface area (Å²) in [6.07, 6.45) is 0.456. The quantitative estimate of drug-likeness (QED) is 0.237. The van der Waals surface area contributed by atoms with Crippen molar-refractivity contribution in [3.63, 3.8) is 0 Å². The largest absolute Gasteiger partial charge is 0.493 e. The molecular weight excluding hydrogens is 524 g/mol. The number of nitrogens with zero attached hydrogens (tertiary/aromatic N) is 1. The van der Waals surface area contributed by atoms with Gasteiger partial charge in [0.2, 0.25) is 11.8 Å². The molecule has 40 heavy (non-hydrogen) atoms. The Labute approximate surface area is 240 Å². The van der Waals surface area contributed by atoms with E-state index in [4.69, 9.17) is 21.1 Å². The van der Waals surface area contributed by atoms with Gasteiger partial charge in [-0.1, -0.05) is 90.5 Å². The first-order chi connectivity index (χ1) is 19.5. The van der Waals surface area contributed by atoms with Gasteiger partial charge in [0.15, 0.2) is 11.5 Å². The van der Waals surface area contributed by atoms with Crippen LogP contribution in [0.2, 0.25) is 5.02 Å². The fraction of sp³-hybridized carbons (Fsp3) is 0.212. The van der Waals surface area contributed by atoms with Crippen LogP contribution >= 0.6 is 11.6 Å². The van der Waals surface area contributed by atoms with Crippen molar-refractivity contribution in [2.75, 3.05) is 14.2 Å². The highest BCUT2D eigenvalue weighted by molar-refractivity contribution is 6.30. The molecule has 7 heteroatoms. The molecule has 4 aromatic carbocycles. The Bertz CT molecular complexity index is 1400.